The van der Waals surface area contributed by atoms with E-state index in [9.17, 15) is 0 Å². The molecule has 0 spiro atoms. The molecule has 5 heteroatoms. The zero-order chi connectivity index (χ0) is 8.69. The van der Waals surface area contributed by atoms with Gasteiger partial charge < -0.3 is 5.73 Å². The van der Waals surface area contributed by atoms with Crippen molar-refractivity contribution in [2.45, 2.75) is 38.1 Å². The first-order valence-corrected chi connectivity index (χ1v) is 10.5. The van der Waals surface area contributed by atoms with Gasteiger partial charge in [-0.25, -0.2) is 0 Å². The number of hydrogen-bond acceptors (Lipinski definition) is 2. The van der Waals surface area contributed by atoms with Crippen LogP contribution < -0.4 is 10.0 Å². The van der Waals surface area contributed by atoms with Crippen LogP contribution in [0.5, 0.6) is 0 Å². The van der Waals surface area contributed by atoms with Gasteiger partial charge in [0.15, 0.2) is 0 Å². The van der Waals surface area contributed by atoms with Crippen molar-refractivity contribution >= 4 is 18.8 Å². The molecule has 1 aliphatic carbocycles. The minimum absolute atomic E-state index is 0.536. The standard InChI is InChI=1S/C6H13N.2ClH.H2N.Pt/c7-6-4-2-1-3-5-6;;;;/h6H,1-5,7H2;2*1H;1H2;/q;;;-1;+3/p-2. The van der Waals surface area contributed by atoms with E-state index in [1.165, 1.54) is 32.1 Å². The van der Waals surface area contributed by atoms with E-state index in [4.69, 9.17) is 28.9 Å². The van der Waals surface area contributed by atoms with Gasteiger partial charge >= 0.3 is 38.6 Å². The molecule has 1 saturated carbocycles. The van der Waals surface area contributed by atoms with Gasteiger partial charge in [0.2, 0.25) is 0 Å². The summed E-state index contributed by atoms with van der Waals surface area (Å²) < 4.78 is 4.80. The molecule has 0 unspecified atom stereocenters. The monoisotopic (exact) mass is 380 g/mol. The summed E-state index contributed by atoms with van der Waals surface area (Å²) in [5, 5.41) is 0. The Labute approximate surface area is 82.3 Å². The van der Waals surface area contributed by atoms with Gasteiger partial charge in [-0.05, 0) is 12.8 Å². The second kappa shape index (κ2) is 7.82. The normalized spacial score (nSPS) is 20.2. The van der Waals surface area contributed by atoms with E-state index in [0.717, 1.165) is 0 Å². The van der Waals surface area contributed by atoms with Crippen LogP contribution in [0.1, 0.15) is 32.1 Å². The van der Waals surface area contributed by atoms with Crippen LogP contribution >= 0.6 is 18.8 Å². The van der Waals surface area contributed by atoms with Crippen LogP contribution in [0.4, 0.5) is 0 Å². The summed E-state index contributed by atoms with van der Waals surface area (Å²) >= 11 is -1.82. The maximum atomic E-state index is 5.63. The van der Waals surface area contributed by atoms with Crippen LogP contribution in [0.25, 0.3) is 0 Å². The van der Waals surface area contributed by atoms with E-state index < -0.39 is 15.5 Å². The van der Waals surface area contributed by atoms with Gasteiger partial charge in [-0.1, -0.05) is 19.3 Å². The molecule has 1 rings (SSSR count). The molecule has 1 aliphatic rings. The third kappa shape index (κ3) is 11.2. The Morgan fingerprint density at radius 2 is 1.45 bits per heavy atom. The molecule has 1 fully saturated rings. The molecular weight excluding hydrogens is 366 g/mol. The van der Waals surface area contributed by atoms with Crippen molar-refractivity contribution in [3.8, 4) is 0 Å². The molecule has 0 atom stereocenters. The van der Waals surface area contributed by atoms with Crippen LogP contribution in [0.3, 0.4) is 0 Å². The predicted molar refractivity (Wildman–Crippen MR) is 47.0 cm³/mol. The van der Waals surface area contributed by atoms with E-state index in [1.807, 2.05) is 0 Å². The molecule has 0 aliphatic heterocycles. The summed E-state index contributed by atoms with van der Waals surface area (Å²) in [6.07, 6.45) is 6.66. The van der Waals surface area contributed by atoms with E-state index >= 15 is 0 Å². The Morgan fingerprint density at radius 1 is 1.09 bits per heavy atom. The summed E-state index contributed by atoms with van der Waals surface area (Å²) in [5.41, 5.74) is 5.63. The zero-order valence-corrected chi connectivity index (χ0v) is 10.1. The summed E-state index contributed by atoms with van der Waals surface area (Å²) in [4.78, 5) is 0. The molecule has 0 aromatic carbocycles. The first kappa shape index (κ1) is 12.2. The van der Waals surface area contributed by atoms with Crippen molar-refractivity contribution < 1.29 is 15.5 Å². The van der Waals surface area contributed by atoms with Crippen molar-refractivity contribution in [1.82, 2.24) is 0 Å². The molecule has 0 radical (unpaired) electrons. The maximum absolute atomic E-state index is 5.63. The Morgan fingerprint density at radius 3 is 1.64 bits per heavy atom. The van der Waals surface area contributed by atoms with Crippen LogP contribution in [0, 0.1) is 0 Å². The quantitative estimate of drug-likeness (QED) is 0.675. The van der Waals surface area contributed by atoms with Crippen LogP contribution in [-0.4, -0.2) is 6.04 Å². The Balaban J connectivity index is 0.000000218. The molecule has 0 saturated heterocycles. The summed E-state index contributed by atoms with van der Waals surface area (Å²) in [5.74, 6) is 0. The summed E-state index contributed by atoms with van der Waals surface area (Å²) in [6.45, 7) is 0. The van der Waals surface area contributed by atoms with Crippen molar-refractivity contribution in [2.24, 2.45) is 10.0 Å². The average molecular weight is 381 g/mol. The van der Waals surface area contributed by atoms with E-state index in [1.54, 1.807) is 0 Å². The van der Waals surface area contributed by atoms with Gasteiger partial charge in [0.1, 0.15) is 0 Å². The topological polar surface area (TPSA) is 52.0 Å². The zero-order valence-electron chi connectivity index (χ0n) is 6.34. The molecule has 0 bridgehead atoms. The Hall–Kier alpha value is 1.19. The van der Waals surface area contributed by atoms with Gasteiger partial charge in [-0.15, -0.1) is 0 Å². The van der Waals surface area contributed by atoms with Gasteiger partial charge in [-0.3, -0.25) is 0 Å². The fraction of sp³-hybridized carbons (Fsp3) is 1.00. The molecule has 0 heterocycles. The number of rotatable bonds is 0. The first-order valence-electron chi connectivity index (χ1n) is 3.57. The van der Waals surface area contributed by atoms with Crippen molar-refractivity contribution in [1.29, 1.82) is 0 Å². The van der Waals surface area contributed by atoms with E-state index in [-0.39, 0.29) is 0 Å². The average Bonchev–Trinajstić information content (AvgIpc) is 1.87. The Bertz CT molecular complexity index is 83.9. The van der Waals surface area contributed by atoms with Gasteiger partial charge in [0.25, 0.3) is 0 Å². The van der Waals surface area contributed by atoms with Crippen LogP contribution in [0.2, 0.25) is 0 Å². The molecular formula is C6H15Cl2N2Pt. The molecule has 0 amide bonds. The number of halogens is 2. The van der Waals surface area contributed by atoms with Crippen molar-refractivity contribution in [3.05, 3.63) is 0 Å². The van der Waals surface area contributed by atoms with Crippen molar-refractivity contribution in [2.75, 3.05) is 0 Å². The predicted octanol–water partition coefficient (Wildman–Crippen LogP) is 2.06. The molecule has 11 heavy (non-hydrogen) atoms. The molecule has 0 aromatic rings. The van der Waals surface area contributed by atoms with Gasteiger partial charge in [0.05, 0.1) is 0 Å². The second-order valence-corrected chi connectivity index (χ2v) is 9.12. The molecule has 73 valence electrons. The number of nitrogens with two attached hydrogens (primary N) is 2. The molecule has 0 aromatic heterocycles. The van der Waals surface area contributed by atoms with Crippen LogP contribution in [-0.2, 0) is 15.5 Å². The third-order valence-corrected chi connectivity index (χ3v) is 1.65. The Kier molecular flexibility index (Phi) is 8.66. The fourth-order valence-electron chi connectivity index (χ4n) is 1.13. The summed E-state index contributed by atoms with van der Waals surface area (Å²) in [7, 11) is 9.95. The second-order valence-electron chi connectivity index (χ2n) is 2.58. The van der Waals surface area contributed by atoms with Crippen LogP contribution in [0.15, 0.2) is 0 Å². The minimum atomic E-state index is -1.82. The summed E-state index contributed by atoms with van der Waals surface area (Å²) in [6, 6.07) is 0.536. The SMILES string of the molecule is NC1CCCCC1.[NH2][Pt]([Cl])[Cl]. The van der Waals surface area contributed by atoms with E-state index in [0.29, 0.717) is 6.04 Å². The fourth-order valence-corrected chi connectivity index (χ4v) is 1.13. The molecule has 2 nitrogen and oxygen atoms in total. The number of hydrogen-bond donors (Lipinski definition) is 2. The van der Waals surface area contributed by atoms with Gasteiger partial charge in [-0.2, -0.15) is 0 Å². The van der Waals surface area contributed by atoms with Crippen molar-refractivity contribution in [3.63, 3.8) is 0 Å². The molecule has 4 N–H and O–H groups in total. The van der Waals surface area contributed by atoms with E-state index in [2.05, 4.69) is 0 Å². The first-order chi connectivity index (χ1) is 5.13. The van der Waals surface area contributed by atoms with Gasteiger partial charge in [0, 0.05) is 6.04 Å². The third-order valence-electron chi connectivity index (χ3n) is 1.65.